The van der Waals surface area contributed by atoms with Gasteiger partial charge >= 0.3 is 0 Å². The van der Waals surface area contributed by atoms with E-state index in [1.54, 1.807) is 12.1 Å². The molecule has 0 heterocycles. The Balaban J connectivity index is 2.12. The van der Waals surface area contributed by atoms with E-state index in [-0.39, 0.29) is 12.3 Å². The number of rotatable bonds is 4. The zero-order valence-electron chi connectivity index (χ0n) is 10.6. The van der Waals surface area contributed by atoms with Gasteiger partial charge in [0.05, 0.1) is 11.4 Å². The van der Waals surface area contributed by atoms with Gasteiger partial charge in [-0.2, -0.15) is 0 Å². The molecule has 0 bridgehead atoms. The van der Waals surface area contributed by atoms with E-state index in [1.807, 2.05) is 0 Å². The van der Waals surface area contributed by atoms with Crippen molar-refractivity contribution in [3.8, 4) is 0 Å². The largest absolute Gasteiger partial charge is 0.325 e. The van der Waals surface area contributed by atoms with Crippen LogP contribution in [0.25, 0.3) is 0 Å². The summed E-state index contributed by atoms with van der Waals surface area (Å²) < 4.78 is 0. The fourth-order valence-corrected chi connectivity index (χ4v) is 2.01. The average Bonchev–Trinajstić information content (AvgIpc) is 3.12. The number of anilines is 2. The summed E-state index contributed by atoms with van der Waals surface area (Å²) in [5, 5.41) is 16.0. The van der Waals surface area contributed by atoms with Crippen LogP contribution in [0.4, 0.5) is 11.4 Å². The fourth-order valence-electron chi connectivity index (χ4n) is 1.84. The van der Waals surface area contributed by atoms with Gasteiger partial charge in [-0.1, -0.05) is 11.6 Å². The average molecular weight is 298 g/mol. The lowest BCUT2D eigenvalue weighted by atomic mass is 10.2. The van der Waals surface area contributed by atoms with Gasteiger partial charge in [-0.3, -0.25) is 19.7 Å². The number of hydrogen-bond acceptors (Lipinski definition) is 4. The first-order chi connectivity index (χ1) is 9.38. The molecular weight excluding hydrogens is 286 g/mol. The van der Waals surface area contributed by atoms with Crippen LogP contribution in [-0.2, 0) is 9.59 Å². The van der Waals surface area contributed by atoms with Crippen molar-refractivity contribution in [2.24, 2.45) is 5.92 Å². The highest BCUT2D eigenvalue weighted by molar-refractivity contribution is 6.31. The molecule has 20 heavy (non-hydrogen) atoms. The van der Waals surface area contributed by atoms with Gasteiger partial charge in [-0.25, -0.2) is 0 Å². The molecule has 2 N–H and O–H groups in total. The van der Waals surface area contributed by atoms with E-state index in [4.69, 9.17) is 11.6 Å². The number of benzene rings is 1. The van der Waals surface area contributed by atoms with Crippen molar-refractivity contribution in [3.05, 3.63) is 33.3 Å². The molecule has 1 saturated carbocycles. The first kappa shape index (κ1) is 14.3. The van der Waals surface area contributed by atoms with Gasteiger partial charge in [-0.15, -0.1) is 0 Å². The van der Waals surface area contributed by atoms with Gasteiger partial charge in [0.1, 0.15) is 5.92 Å². The van der Waals surface area contributed by atoms with Crippen LogP contribution in [0.2, 0.25) is 5.02 Å². The summed E-state index contributed by atoms with van der Waals surface area (Å²) in [4.78, 5) is 33.0. The molecule has 0 saturated heterocycles. The van der Waals surface area contributed by atoms with E-state index < -0.39 is 22.8 Å². The monoisotopic (exact) mass is 297 g/mol. The minimum Gasteiger partial charge on any atom is -0.325 e. The van der Waals surface area contributed by atoms with Crippen LogP contribution in [0.3, 0.4) is 0 Å². The van der Waals surface area contributed by atoms with E-state index in [9.17, 15) is 19.7 Å². The molecule has 2 unspecified atom stereocenters. The number of carbonyl (C=O) groups excluding carboxylic acids is 2. The lowest BCUT2D eigenvalue weighted by Crippen LogP contribution is -2.19. The number of hydrogen-bond donors (Lipinski definition) is 2. The first-order valence-corrected chi connectivity index (χ1v) is 6.28. The molecule has 2 atom stereocenters. The maximum absolute atomic E-state index is 11.9. The molecule has 0 aromatic heterocycles. The summed E-state index contributed by atoms with van der Waals surface area (Å²) in [7, 11) is 0. The molecule has 1 aromatic rings. The van der Waals surface area contributed by atoms with Gasteiger partial charge in [0.2, 0.25) is 17.9 Å². The molecule has 7 nitrogen and oxygen atoms in total. The summed E-state index contributed by atoms with van der Waals surface area (Å²) in [5.74, 6) is -1.37. The van der Waals surface area contributed by atoms with Crippen molar-refractivity contribution in [1.82, 2.24) is 0 Å². The van der Waals surface area contributed by atoms with Crippen molar-refractivity contribution >= 4 is 34.8 Å². The summed E-state index contributed by atoms with van der Waals surface area (Å²) in [6.07, 6.45) is 0.231. The Bertz CT molecular complexity index is 590. The fraction of sp³-hybridized carbons (Fsp3) is 0.333. The number of nitrogens with one attached hydrogen (secondary N) is 2. The summed E-state index contributed by atoms with van der Waals surface area (Å²) in [6, 6.07) is 3.78. The highest BCUT2D eigenvalue weighted by Crippen LogP contribution is 2.35. The third-order valence-electron chi connectivity index (χ3n) is 2.91. The second-order valence-corrected chi connectivity index (χ2v) is 4.99. The predicted molar refractivity (Wildman–Crippen MR) is 73.3 cm³/mol. The van der Waals surface area contributed by atoms with Crippen molar-refractivity contribution in [3.63, 3.8) is 0 Å². The van der Waals surface area contributed by atoms with E-state index in [0.29, 0.717) is 16.4 Å². The molecular formula is C12H12ClN3O4. The number of halogens is 1. The first-order valence-electron chi connectivity index (χ1n) is 5.90. The minimum atomic E-state index is -0.821. The lowest BCUT2D eigenvalue weighted by Gasteiger charge is -2.11. The SMILES string of the molecule is CC(=O)Nc1ccc(Cl)cc1NC(=O)C1CC1[N+](=O)[O-]. The third-order valence-corrected chi connectivity index (χ3v) is 3.15. The van der Waals surface area contributed by atoms with Crippen LogP contribution in [0.15, 0.2) is 18.2 Å². The number of nitrogens with zero attached hydrogens (tertiary/aromatic N) is 1. The smallest absolute Gasteiger partial charge is 0.234 e. The van der Waals surface area contributed by atoms with Gasteiger partial charge in [0.15, 0.2) is 0 Å². The molecule has 0 aliphatic heterocycles. The Hall–Kier alpha value is -2.15. The van der Waals surface area contributed by atoms with E-state index in [1.165, 1.54) is 13.0 Å². The predicted octanol–water partition coefficient (Wildman–Crippen LogP) is 1.90. The van der Waals surface area contributed by atoms with Crippen LogP contribution in [0, 0.1) is 16.0 Å². The second-order valence-electron chi connectivity index (χ2n) is 4.56. The van der Waals surface area contributed by atoms with Crippen molar-refractivity contribution < 1.29 is 14.5 Å². The Morgan fingerprint density at radius 1 is 1.35 bits per heavy atom. The summed E-state index contributed by atoms with van der Waals surface area (Å²) >= 11 is 5.84. The number of carbonyl (C=O) groups is 2. The molecule has 2 rings (SSSR count). The Labute approximate surface area is 119 Å². The molecule has 1 aromatic carbocycles. The topological polar surface area (TPSA) is 101 Å². The zero-order valence-corrected chi connectivity index (χ0v) is 11.3. The van der Waals surface area contributed by atoms with Crippen LogP contribution in [0.1, 0.15) is 13.3 Å². The molecule has 1 aliphatic carbocycles. The highest BCUT2D eigenvalue weighted by atomic mass is 35.5. The Morgan fingerprint density at radius 2 is 2.05 bits per heavy atom. The van der Waals surface area contributed by atoms with Crippen molar-refractivity contribution in [2.45, 2.75) is 19.4 Å². The van der Waals surface area contributed by atoms with Gasteiger partial charge < -0.3 is 10.6 Å². The molecule has 0 radical (unpaired) electrons. The highest BCUT2D eigenvalue weighted by Gasteiger charge is 2.53. The zero-order chi connectivity index (χ0) is 14.9. The van der Waals surface area contributed by atoms with E-state index in [2.05, 4.69) is 10.6 Å². The normalized spacial score (nSPS) is 20.1. The van der Waals surface area contributed by atoms with Crippen molar-refractivity contribution in [1.29, 1.82) is 0 Å². The molecule has 2 amide bonds. The third kappa shape index (κ3) is 3.24. The van der Waals surface area contributed by atoms with Crippen LogP contribution < -0.4 is 10.6 Å². The molecule has 1 aliphatic rings. The molecule has 8 heteroatoms. The maximum atomic E-state index is 11.9. The van der Waals surface area contributed by atoms with Crippen molar-refractivity contribution in [2.75, 3.05) is 10.6 Å². The standard InChI is InChI=1S/C12H12ClN3O4/c1-6(17)14-9-3-2-7(13)4-10(9)15-12(18)8-5-11(8)16(19)20/h2-4,8,11H,5H2,1H3,(H,14,17)(H,15,18). The number of nitro groups is 1. The quantitative estimate of drug-likeness (QED) is 0.654. The van der Waals surface area contributed by atoms with Crippen LogP contribution >= 0.6 is 11.6 Å². The minimum absolute atomic E-state index is 0.231. The van der Waals surface area contributed by atoms with Gasteiger partial charge in [0, 0.05) is 23.3 Å². The molecule has 0 spiro atoms. The number of amides is 2. The Kier molecular flexibility index (Phi) is 3.89. The van der Waals surface area contributed by atoms with Gasteiger partial charge in [-0.05, 0) is 18.2 Å². The van der Waals surface area contributed by atoms with E-state index >= 15 is 0 Å². The van der Waals surface area contributed by atoms with Gasteiger partial charge in [0.25, 0.3) is 0 Å². The van der Waals surface area contributed by atoms with E-state index in [0.717, 1.165) is 0 Å². The second kappa shape index (κ2) is 5.46. The maximum Gasteiger partial charge on any atom is 0.234 e. The molecule has 1 fully saturated rings. The molecule has 106 valence electrons. The van der Waals surface area contributed by atoms with Crippen LogP contribution in [0.5, 0.6) is 0 Å². The summed E-state index contributed by atoms with van der Waals surface area (Å²) in [5.41, 5.74) is 0.722. The Morgan fingerprint density at radius 3 is 2.60 bits per heavy atom. The lowest BCUT2D eigenvalue weighted by molar-refractivity contribution is -0.497. The van der Waals surface area contributed by atoms with Crippen LogP contribution in [-0.4, -0.2) is 22.8 Å². The summed E-state index contributed by atoms with van der Waals surface area (Å²) in [6.45, 7) is 1.34.